The van der Waals surface area contributed by atoms with E-state index in [9.17, 15) is 0 Å². The third-order valence-electron chi connectivity index (χ3n) is 3.89. The van der Waals surface area contributed by atoms with E-state index in [1.165, 1.54) is 5.56 Å². The number of anilines is 2. The summed E-state index contributed by atoms with van der Waals surface area (Å²) in [5.74, 6) is 1.26. The van der Waals surface area contributed by atoms with Crippen LogP contribution in [0.1, 0.15) is 25.3 Å². The van der Waals surface area contributed by atoms with Crippen LogP contribution in [0.2, 0.25) is 0 Å². The molecule has 24 heavy (non-hydrogen) atoms. The lowest BCUT2D eigenvalue weighted by molar-refractivity contribution is 0.413. The van der Waals surface area contributed by atoms with E-state index >= 15 is 0 Å². The molecule has 2 heterocycles. The largest absolute Gasteiger partial charge is 0.495 e. The summed E-state index contributed by atoms with van der Waals surface area (Å²) in [6.07, 6.45) is 7.13. The molecule has 0 bridgehead atoms. The number of rotatable bonds is 5. The van der Waals surface area contributed by atoms with Crippen molar-refractivity contribution >= 4 is 11.4 Å². The number of pyridine rings is 2. The molecule has 3 aromatic rings. The Bertz CT molecular complexity index is 813. The average Bonchev–Trinajstić information content (AvgIpc) is 2.62. The van der Waals surface area contributed by atoms with Gasteiger partial charge in [-0.1, -0.05) is 26.0 Å². The highest BCUT2D eigenvalue weighted by Gasteiger charge is 2.04. The Balaban J connectivity index is 1.82. The number of nitrogens with zero attached hydrogens (tertiary/aromatic N) is 2. The fourth-order valence-corrected chi connectivity index (χ4v) is 2.47. The van der Waals surface area contributed by atoms with Crippen LogP contribution in [0.3, 0.4) is 0 Å². The van der Waals surface area contributed by atoms with Gasteiger partial charge in [-0.3, -0.25) is 9.97 Å². The second kappa shape index (κ2) is 7.13. The first-order valence-corrected chi connectivity index (χ1v) is 7.97. The highest BCUT2D eigenvalue weighted by molar-refractivity contribution is 5.69. The number of benzene rings is 1. The fourth-order valence-electron chi connectivity index (χ4n) is 2.47. The molecule has 4 heteroatoms. The molecular formula is C20H21N3O. The zero-order valence-corrected chi connectivity index (χ0v) is 14.2. The van der Waals surface area contributed by atoms with Crippen molar-refractivity contribution in [1.82, 2.24) is 9.97 Å². The molecule has 3 rings (SSSR count). The number of hydrogen-bond donors (Lipinski definition) is 1. The van der Waals surface area contributed by atoms with E-state index in [-0.39, 0.29) is 0 Å². The van der Waals surface area contributed by atoms with Crippen LogP contribution in [-0.4, -0.2) is 17.1 Å². The third-order valence-corrected chi connectivity index (χ3v) is 3.89. The summed E-state index contributed by atoms with van der Waals surface area (Å²) in [6, 6.07) is 12.5. The summed E-state index contributed by atoms with van der Waals surface area (Å²) in [4.78, 5) is 8.53. The van der Waals surface area contributed by atoms with Gasteiger partial charge < -0.3 is 10.1 Å². The molecule has 0 aliphatic rings. The normalized spacial score (nSPS) is 10.7. The van der Waals surface area contributed by atoms with Crippen molar-refractivity contribution < 1.29 is 4.74 Å². The van der Waals surface area contributed by atoms with E-state index in [4.69, 9.17) is 4.74 Å². The van der Waals surface area contributed by atoms with Crippen molar-refractivity contribution in [3.8, 4) is 16.9 Å². The van der Waals surface area contributed by atoms with Crippen LogP contribution >= 0.6 is 0 Å². The van der Waals surface area contributed by atoms with Gasteiger partial charge in [0.2, 0.25) is 0 Å². The number of ether oxygens (including phenoxy) is 1. The Labute approximate surface area is 142 Å². The molecule has 2 aromatic heterocycles. The van der Waals surface area contributed by atoms with E-state index in [0.29, 0.717) is 5.92 Å². The van der Waals surface area contributed by atoms with Crippen molar-refractivity contribution in [3.05, 3.63) is 66.7 Å². The van der Waals surface area contributed by atoms with Gasteiger partial charge in [0.05, 0.1) is 25.2 Å². The predicted molar refractivity (Wildman–Crippen MR) is 97.8 cm³/mol. The molecule has 0 unspecified atom stereocenters. The molecule has 0 spiro atoms. The average molecular weight is 319 g/mol. The first kappa shape index (κ1) is 16.0. The number of nitrogens with one attached hydrogen (secondary N) is 1. The van der Waals surface area contributed by atoms with Crippen LogP contribution in [-0.2, 0) is 0 Å². The second-order valence-electron chi connectivity index (χ2n) is 5.98. The van der Waals surface area contributed by atoms with Crippen LogP contribution in [0.25, 0.3) is 11.1 Å². The van der Waals surface area contributed by atoms with E-state index in [0.717, 1.165) is 28.3 Å². The maximum atomic E-state index is 5.23. The summed E-state index contributed by atoms with van der Waals surface area (Å²) < 4.78 is 5.23. The van der Waals surface area contributed by atoms with Crippen molar-refractivity contribution in [2.75, 3.05) is 12.4 Å². The van der Waals surface area contributed by atoms with Crippen LogP contribution in [0, 0.1) is 0 Å². The Morgan fingerprint density at radius 3 is 2.17 bits per heavy atom. The summed E-state index contributed by atoms with van der Waals surface area (Å²) in [7, 11) is 1.64. The quantitative estimate of drug-likeness (QED) is 0.717. The molecule has 0 saturated heterocycles. The van der Waals surface area contributed by atoms with Crippen molar-refractivity contribution in [3.63, 3.8) is 0 Å². The summed E-state index contributed by atoms with van der Waals surface area (Å²) in [5, 5.41) is 3.39. The highest BCUT2D eigenvalue weighted by atomic mass is 16.5. The lowest BCUT2D eigenvalue weighted by Crippen LogP contribution is -1.94. The lowest BCUT2D eigenvalue weighted by atomic mass is 10.0. The Kier molecular flexibility index (Phi) is 4.75. The van der Waals surface area contributed by atoms with Gasteiger partial charge in [0.1, 0.15) is 5.75 Å². The zero-order valence-electron chi connectivity index (χ0n) is 14.2. The van der Waals surface area contributed by atoms with Crippen LogP contribution in [0.5, 0.6) is 5.75 Å². The van der Waals surface area contributed by atoms with E-state index in [1.54, 1.807) is 19.5 Å². The van der Waals surface area contributed by atoms with Crippen LogP contribution in [0.15, 0.2) is 61.2 Å². The second-order valence-corrected chi connectivity index (χ2v) is 5.98. The Hall–Kier alpha value is -2.88. The number of hydrogen-bond acceptors (Lipinski definition) is 4. The minimum absolute atomic E-state index is 0.532. The fraction of sp³-hybridized carbons (Fsp3) is 0.200. The molecule has 4 nitrogen and oxygen atoms in total. The van der Waals surface area contributed by atoms with E-state index in [1.807, 2.05) is 18.5 Å². The van der Waals surface area contributed by atoms with Gasteiger partial charge in [-0.2, -0.15) is 0 Å². The predicted octanol–water partition coefficient (Wildman–Crippen LogP) is 5.02. The van der Waals surface area contributed by atoms with Gasteiger partial charge in [-0.05, 0) is 35.7 Å². The van der Waals surface area contributed by atoms with Crippen molar-refractivity contribution in [1.29, 1.82) is 0 Å². The minimum atomic E-state index is 0.532. The molecule has 0 atom stereocenters. The summed E-state index contributed by atoms with van der Waals surface area (Å²) in [6.45, 7) is 4.38. The molecular weight excluding hydrogens is 298 g/mol. The Morgan fingerprint density at radius 1 is 0.833 bits per heavy atom. The molecule has 1 aromatic carbocycles. The number of methoxy groups -OCH3 is 1. The molecule has 0 aliphatic heterocycles. The van der Waals surface area contributed by atoms with Gasteiger partial charge in [0, 0.05) is 29.2 Å². The molecule has 0 radical (unpaired) electrons. The van der Waals surface area contributed by atoms with E-state index < -0.39 is 0 Å². The zero-order chi connectivity index (χ0) is 16.9. The molecule has 0 amide bonds. The smallest absolute Gasteiger partial charge is 0.137 e. The first-order valence-electron chi connectivity index (χ1n) is 7.97. The van der Waals surface area contributed by atoms with Crippen molar-refractivity contribution in [2.45, 2.75) is 19.8 Å². The maximum Gasteiger partial charge on any atom is 0.137 e. The Morgan fingerprint density at radius 2 is 1.50 bits per heavy atom. The summed E-state index contributed by atoms with van der Waals surface area (Å²) >= 11 is 0. The topological polar surface area (TPSA) is 47.0 Å². The molecule has 122 valence electrons. The van der Waals surface area contributed by atoms with Gasteiger partial charge in [-0.15, -0.1) is 0 Å². The van der Waals surface area contributed by atoms with Gasteiger partial charge in [0.15, 0.2) is 0 Å². The SMILES string of the molecule is COc1cncc(-c2cncc(Nc3ccc(C(C)C)cc3)c2)c1. The number of aromatic nitrogens is 2. The standard InChI is InChI=1S/C20H21N3O/c1-14(2)15-4-6-18(7-5-15)23-19-8-16(10-21-12-19)17-9-20(24-3)13-22-11-17/h4-14,23H,1-3H3. The minimum Gasteiger partial charge on any atom is -0.495 e. The van der Waals surface area contributed by atoms with E-state index in [2.05, 4.69) is 59.5 Å². The molecule has 0 aliphatic carbocycles. The summed E-state index contributed by atoms with van der Waals surface area (Å²) in [5.41, 5.74) is 5.27. The van der Waals surface area contributed by atoms with Crippen LogP contribution in [0.4, 0.5) is 11.4 Å². The first-order chi connectivity index (χ1) is 11.7. The molecule has 1 N–H and O–H groups in total. The van der Waals surface area contributed by atoms with Gasteiger partial charge in [-0.25, -0.2) is 0 Å². The molecule has 0 fully saturated rings. The molecule has 0 saturated carbocycles. The highest BCUT2D eigenvalue weighted by Crippen LogP contribution is 2.26. The van der Waals surface area contributed by atoms with Gasteiger partial charge in [0.25, 0.3) is 0 Å². The van der Waals surface area contributed by atoms with Crippen molar-refractivity contribution in [2.24, 2.45) is 0 Å². The lowest BCUT2D eigenvalue weighted by Gasteiger charge is -2.10. The monoisotopic (exact) mass is 319 g/mol. The maximum absolute atomic E-state index is 5.23. The van der Waals surface area contributed by atoms with Gasteiger partial charge >= 0.3 is 0 Å². The van der Waals surface area contributed by atoms with Crippen LogP contribution < -0.4 is 10.1 Å². The third kappa shape index (κ3) is 3.71.